The average Bonchev–Trinajstić information content (AvgIpc) is 2.29. The maximum atomic E-state index is 11.5. The molecule has 2 rings (SSSR count). The van der Waals surface area contributed by atoms with Crippen molar-refractivity contribution in [3.63, 3.8) is 0 Å². The van der Waals surface area contributed by atoms with Gasteiger partial charge in [0.25, 0.3) is 5.56 Å². The number of fused-ring (bicyclic) bond motifs is 1. The lowest BCUT2D eigenvalue weighted by atomic mass is 10.1. The van der Waals surface area contributed by atoms with Crippen LogP contribution in [0.2, 0.25) is 5.02 Å². The van der Waals surface area contributed by atoms with Gasteiger partial charge < -0.3 is 4.74 Å². The van der Waals surface area contributed by atoms with E-state index in [1.807, 2.05) is 0 Å². The van der Waals surface area contributed by atoms with Gasteiger partial charge in [0.05, 0.1) is 12.5 Å². The number of rotatable bonds is 1. The van der Waals surface area contributed by atoms with Gasteiger partial charge in [-0.05, 0) is 12.1 Å². The van der Waals surface area contributed by atoms with Crippen molar-refractivity contribution in [3.8, 4) is 0 Å². The molecule has 0 spiro atoms. The normalized spacial score (nSPS) is 10.4. The van der Waals surface area contributed by atoms with Crippen LogP contribution in [0.15, 0.2) is 23.0 Å². The first-order valence-corrected chi connectivity index (χ1v) is 4.77. The summed E-state index contributed by atoms with van der Waals surface area (Å²) in [4.78, 5) is 22.8. The number of nitrogens with zero attached hydrogens (tertiary/aromatic N) is 1. The van der Waals surface area contributed by atoms with Gasteiger partial charge in [-0.2, -0.15) is 5.10 Å². The summed E-state index contributed by atoms with van der Waals surface area (Å²) in [7, 11) is 1.25. The second-order valence-corrected chi connectivity index (χ2v) is 3.52. The number of carbonyl (C=O) groups excluding carboxylic acids is 1. The predicted molar refractivity (Wildman–Crippen MR) is 58.7 cm³/mol. The Hall–Kier alpha value is -1.88. The average molecular weight is 239 g/mol. The summed E-state index contributed by atoms with van der Waals surface area (Å²) in [6.07, 6.45) is 0. The van der Waals surface area contributed by atoms with Gasteiger partial charge in [-0.25, -0.2) is 9.89 Å². The summed E-state index contributed by atoms with van der Waals surface area (Å²) in [6.45, 7) is 0. The number of hydrogen-bond acceptors (Lipinski definition) is 4. The molecule has 6 heteroatoms. The number of benzene rings is 1. The molecule has 0 atom stereocenters. The lowest BCUT2D eigenvalue weighted by Gasteiger charge is -2.02. The van der Waals surface area contributed by atoms with Crippen molar-refractivity contribution in [3.05, 3.63) is 39.3 Å². The number of hydrogen-bond donors (Lipinski definition) is 1. The van der Waals surface area contributed by atoms with Crippen molar-refractivity contribution in [1.29, 1.82) is 0 Å². The highest BCUT2D eigenvalue weighted by molar-refractivity contribution is 6.31. The monoisotopic (exact) mass is 238 g/mol. The molecule has 82 valence electrons. The summed E-state index contributed by atoms with van der Waals surface area (Å²) in [5.74, 6) is -0.608. The number of ether oxygens (including phenoxy) is 1. The molecule has 5 nitrogen and oxygen atoms in total. The smallest absolute Gasteiger partial charge is 0.359 e. The number of aromatic nitrogens is 2. The Morgan fingerprint density at radius 3 is 2.88 bits per heavy atom. The minimum atomic E-state index is -0.608. The zero-order valence-electron chi connectivity index (χ0n) is 8.28. The van der Waals surface area contributed by atoms with Gasteiger partial charge in [0.1, 0.15) is 0 Å². The van der Waals surface area contributed by atoms with E-state index in [1.54, 1.807) is 12.1 Å². The van der Waals surface area contributed by atoms with E-state index in [1.165, 1.54) is 13.2 Å². The number of nitrogens with one attached hydrogen (secondary N) is 1. The summed E-state index contributed by atoms with van der Waals surface area (Å²) in [5, 5.41) is 7.01. The largest absolute Gasteiger partial charge is 0.464 e. The second kappa shape index (κ2) is 3.94. The number of halogens is 1. The maximum absolute atomic E-state index is 11.5. The zero-order valence-corrected chi connectivity index (χ0v) is 9.04. The molecule has 1 heterocycles. The van der Waals surface area contributed by atoms with Crippen molar-refractivity contribution >= 4 is 28.3 Å². The first-order chi connectivity index (χ1) is 7.63. The highest BCUT2D eigenvalue weighted by atomic mass is 35.5. The molecule has 0 unspecified atom stereocenters. The molecule has 0 radical (unpaired) electrons. The molecule has 1 N–H and O–H groups in total. The van der Waals surface area contributed by atoms with Crippen molar-refractivity contribution in [2.75, 3.05) is 7.11 Å². The lowest BCUT2D eigenvalue weighted by Crippen LogP contribution is -2.15. The molecule has 16 heavy (non-hydrogen) atoms. The molecule has 2 aromatic rings. The minimum absolute atomic E-state index is 0.0637. The summed E-state index contributed by atoms with van der Waals surface area (Å²) in [6, 6.07) is 4.62. The Bertz CT molecular complexity index is 621. The molecule has 0 aliphatic heterocycles. The molecule has 0 bridgehead atoms. The molecular weight excluding hydrogens is 232 g/mol. The van der Waals surface area contributed by atoms with E-state index in [-0.39, 0.29) is 5.69 Å². The van der Waals surface area contributed by atoms with Crippen LogP contribution in [0, 0.1) is 0 Å². The Balaban J connectivity index is 2.84. The number of H-pyrrole nitrogens is 1. The Labute approximate surface area is 95.0 Å². The molecule has 0 aliphatic carbocycles. The van der Waals surface area contributed by atoms with Gasteiger partial charge in [-0.1, -0.05) is 17.7 Å². The van der Waals surface area contributed by atoms with Gasteiger partial charge in [0, 0.05) is 10.4 Å². The Morgan fingerprint density at radius 2 is 2.19 bits per heavy atom. The Kier molecular flexibility index (Phi) is 2.62. The van der Waals surface area contributed by atoms with Crippen LogP contribution in [0.5, 0.6) is 0 Å². The number of aromatic amines is 1. The van der Waals surface area contributed by atoms with Crippen LogP contribution in [0.25, 0.3) is 10.8 Å². The van der Waals surface area contributed by atoms with Crippen molar-refractivity contribution in [2.24, 2.45) is 0 Å². The van der Waals surface area contributed by atoms with Gasteiger partial charge in [-0.3, -0.25) is 4.79 Å². The summed E-state index contributed by atoms with van der Waals surface area (Å²) in [5.41, 5.74) is -0.334. The van der Waals surface area contributed by atoms with E-state index in [2.05, 4.69) is 14.9 Å². The van der Waals surface area contributed by atoms with Crippen LogP contribution in [-0.4, -0.2) is 23.3 Å². The fourth-order valence-corrected chi connectivity index (χ4v) is 1.56. The van der Waals surface area contributed by atoms with Gasteiger partial charge in [-0.15, -0.1) is 0 Å². The number of esters is 1. The highest BCUT2D eigenvalue weighted by Crippen LogP contribution is 2.18. The highest BCUT2D eigenvalue weighted by Gasteiger charge is 2.14. The van der Waals surface area contributed by atoms with Crippen molar-refractivity contribution < 1.29 is 9.53 Å². The van der Waals surface area contributed by atoms with E-state index in [4.69, 9.17) is 11.6 Å². The lowest BCUT2D eigenvalue weighted by molar-refractivity contribution is 0.0595. The zero-order chi connectivity index (χ0) is 11.7. The van der Waals surface area contributed by atoms with Crippen LogP contribution in [0.4, 0.5) is 0 Å². The minimum Gasteiger partial charge on any atom is -0.464 e. The third-order valence-electron chi connectivity index (χ3n) is 2.13. The van der Waals surface area contributed by atoms with Crippen molar-refractivity contribution in [1.82, 2.24) is 10.2 Å². The fraction of sp³-hybridized carbons (Fsp3) is 0.100. The quantitative estimate of drug-likeness (QED) is 0.762. The second-order valence-electron chi connectivity index (χ2n) is 3.08. The summed E-state index contributed by atoms with van der Waals surface area (Å²) >= 11 is 5.77. The third kappa shape index (κ3) is 1.65. The topological polar surface area (TPSA) is 72.0 Å². The van der Waals surface area contributed by atoms with E-state index >= 15 is 0 Å². The fourth-order valence-electron chi connectivity index (χ4n) is 1.39. The molecule has 0 fully saturated rings. The van der Waals surface area contributed by atoms with E-state index < -0.39 is 11.5 Å². The molecule has 0 saturated carbocycles. The number of carbonyl (C=O) groups is 1. The first-order valence-electron chi connectivity index (χ1n) is 4.39. The Morgan fingerprint density at radius 1 is 1.44 bits per heavy atom. The van der Waals surface area contributed by atoms with Crippen LogP contribution < -0.4 is 5.56 Å². The van der Waals surface area contributed by atoms with Crippen LogP contribution in [0.3, 0.4) is 0 Å². The molecule has 1 aromatic carbocycles. The van der Waals surface area contributed by atoms with Crippen LogP contribution >= 0.6 is 11.6 Å². The van der Waals surface area contributed by atoms with Crippen LogP contribution in [-0.2, 0) is 4.74 Å². The SMILES string of the molecule is COC(=O)c1n[nH]c(=O)c2cc(Cl)ccc12. The maximum Gasteiger partial charge on any atom is 0.359 e. The van der Waals surface area contributed by atoms with Gasteiger partial charge in [0.15, 0.2) is 5.69 Å². The van der Waals surface area contributed by atoms with Gasteiger partial charge in [0.2, 0.25) is 0 Å². The molecule has 1 aromatic heterocycles. The first kappa shape index (κ1) is 10.6. The molecule has 0 aliphatic rings. The van der Waals surface area contributed by atoms with E-state index in [9.17, 15) is 9.59 Å². The molecule has 0 amide bonds. The van der Waals surface area contributed by atoms with Crippen molar-refractivity contribution in [2.45, 2.75) is 0 Å². The van der Waals surface area contributed by atoms with Crippen LogP contribution in [0.1, 0.15) is 10.5 Å². The third-order valence-corrected chi connectivity index (χ3v) is 2.36. The summed E-state index contributed by atoms with van der Waals surface area (Å²) < 4.78 is 4.56. The number of methoxy groups -OCH3 is 1. The van der Waals surface area contributed by atoms with Gasteiger partial charge >= 0.3 is 5.97 Å². The van der Waals surface area contributed by atoms with E-state index in [0.717, 1.165) is 0 Å². The van der Waals surface area contributed by atoms with E-state index in [0.29, 0.717) is 15.8 Å². The molecular formula is C10H7ClN2O3. The standard InChI is InChI=1S/C10H7ClN2O3/c1-16-10(15)8-6-3-2-5(11)4-7(6)9(14)13-12-8/h2-4H,1H3,(H,13,14). The molecule has 0 saturated heterocycles. The predicted octanol–water partition coefficient (Wildman–Crippen LogP) is 1.36.